The Kier molecular flexibility index (Phi) is 6.26. The highest BCUT2D eigenvalue weighted by molar-refractivity contribution is 6.31. The molecule has 0 bridgehead atoms. The van der Waals surface area contributed by atoms with Gasteiger partial charge in [0, 0.05) is 24.3 Å². The maximum Gasteiger partial charge on any atom is 0.170 e. The Labute approximate surface area is 124 Å². The maximum atomic E-state index is 8.60. The molecule has 0 aliphatic heterocycles. The zero-order chi connectivity index (χ0) is 15.2. The Morgan fingerprint density at radius 3 is 2.70 bits per heavy atom. The molecule has 1 aromatic carbocycles. The summed E-state index contributed by atoms with van der Waals surface area (Å²) in [6.07, 6.45) is 0.795. The van der Waals surface area contributed by atoms with Gasteiger partial charge in [-0.15, -0.1) is 0 Å². The summed E-state index contributed by atoms with van der Waals surface area (Å²) in [4.78, 5) is 0. The normalized spacial score (nSPS) is 12.7. The molecule has 1 aromatic rings. The molecule has 0 heterocycles. The van der Waals surface area contributed by atoms with Gasteiger partial charge in [-0.3, -0.25) is 0 Å². The fourth-order valence-electron chi connectivity index (χ4n) is 1.48. The molecule has 112 valence electrons. The van der Waals surface area contributed by atoms with Crippen LogP contribution in [0.4, 0.5) is 0 Å². The van der Waals surface area contributed by atoms with Crippen LogP contribution in [0.25, 0.3) is 0 Å². The van der Waals surface area contributed by atoms with Gasteiger partial charge in [0.05, 0.1) is 12.2 Å². The summed E-state index contributed by atoms with van der Waals surface area (Å²) in [7, 11) is 1.68. The molecule has 0 radical (unpaired) electrons. The number of rotatable bonds is 7. The number of oxime groups is 1. The summed E-state index contributed by atoms with van der Waals surface area (Å²) in [6.45, 7) is 5.01. The van der Waals surface area contributed by atoms with E-state index >= 15 is 0 Å². The van der Waals surface area contributed by atoms with Gasteiger partial charge in [0.1, 0.15) is 0 Å². The molecule has 0 amide bonds. The van der Waals surface area contributed by atoms with E-state index in [2.05, 4.69) is 5.16 Å². The van der Waals surface area contributed by atoms with Crippen molar-refractivity contribution in [2.45, 2.75) is 32.5 Å². The Morgan fingerprint density at radius 1 is 1.45 bits per heavy atom. The fourth-order valence-corrected chi connectivity index (χ4v) is 1.72. The second kappa shape index (κ2) is 7.47. The van der Waals surface area contributed by atoms with Gasteiger partial charge in [0.2, 0.25) is 0 Å². The first-order valence-corrected chi connectivity index (χ1v) is 6.66. The number of hydrogen-bond acceptors (Lipinski definition) is 4. The number of benzene rings is 1. The molecule has 0 fully saturated rings. The second-order valence-electron chi connectivity index (χ2n) is 5.06. The van der Waals surface area contributed by atoms with Gasteiger partial charge in [0.25, 0.3) is 0 Å². The van der Waals surface area contributed by atoms with E-state index in [1.54, 1.807) is 25.3 Å². The van der Waals surface area contributed by atoms with Crippen LogP contribution >= 0.6 is 11.6 Å². The molecule has 0 saturated carbocycles. The van der Waals surface area contributed by atoms with Crippen molar-refractivity contribution in [3.05, 3.63) is 34.3 Å². The van der Waals surface area contributed by atoms with Gasteiger partial charge >= 0.3 is 0 Å². The standard InChI is InChI=1S/C14H21ClN2O3/c1-14(2,19-3)6-7-20-9-11-5-4-10(8-12(11)15)13(16)17-18/h4-5,8,18H,6-7,9H2,1-3H3,(H2,16,17). The van der Waals surface area contributed by atoms with Gasteiger partial charge in [-0.25, -0.2) is 0 Å². The number of amidine groups is 1. The highest BCUT2D eigenvalue weighted by Crippen LogP contribution is 2.19. The zero-order valence-electron chi connectivity index (χ0n) is 12.0. The second-order valence-corrected chi connectivity index (χ2v) is 5.47. The minimum absolute atomic E-state index is 0.0289. The molecule has 5 nitrogen and oxygen atoms in total. The average molecular weight is 301 g/mol. The number of hydrogen-bond donors (Lipinski definition) is 2. The smallest absolute Gasteiger partial charge is 0.170 e. The first-order chi connectivity index (χ1) is 9.39. The van der Waals surface area contributed by atoms with Crippen molar-refractivity contribution >= 4 is 17.4 Å². The third kappa shape index (κ3) is 5.00. The van der Waals surface area contributed by atoms with E-state index in [-0.39, 0.29) is 11.4 Å². The molecule has 6 heteroatoms. The topological polar surface area (TPSA) is 77.1 Å². The Balaban J connectivity index is 2.53. The summed E-state index contributed by atoms with van der Waals surface area (Å²) in [5.41, 5.74) is 6.73. The first-order valence-electron chi connectivity index (χ1n) is 6.29. The van der Waals surface area contributed by atoms with E-state index in [0.717, 1.165) is 12.0 Å². The van der Waals surface area contributed by atoms with Crippen LogP contribution in [0.5, 0.6) is 0 Å². The van der Waals surface area contributed by atoms with Gasteiger partial charge in [0.15, 0.2) is 5.84 Å². The van der Waals surface area contributed by atoms with Crippen LogP contribution in [0, 0.1) is 0 Å². The number of halogens is 1. The minimum atomic E-state index is -0.195. The van der Waals surface area contributed by atoms with E-state index in [0.29, 0.717) is 23.8 Å². The maximum absolute atomic E-state index is 8.60. The quantitative estimate of drug-likeness (QED) is 0.267. The van der Waals surface area contributed by atoms with Crippen LogP contribution in [0.1, 0.15) is 31.4 Å². The predicted molar refractivity (Wildman–Crippen MR) is 79.3 cm³/mol. The number of nitrogens with zero attached hydrogens (tertiary/aromatic N) is 1. The van der Waals surface area contributed by atoms with E-state index in [9.17, 15) is 0 Å². The Morgan fingerprint density at radius 2 is 2.15 bits per heavy atom. The van der Waals surface area contributed by atoms with Crippen molar-refractivity contribution in [3.8, 4) is 0 Å². The lowest BCUT2D eigenvalue weighted by atomic mass is 10.1. The monoisotopic (exact) mass is 300 g/mol. The summed E-state index contributed by atoms with van der Waals surface area (Å²) in [5.74, 6) is 0.0289. The van der Waals surface area contributed by atoms with Crippen LogP contribution in [0.15, 0.2) is 23.4 Å². The summed E-state index contributed by atoms with van der Waals surface area (Å²) >= 11 is 6.13. The Bertz CT molecular complexity index is 475. The minimum Gasteiger partial charge on any atom is -0.409 e. The van der Waals surface area contributed by atoms with Crippen molar-refractivity contribution in [1.82, 2.24) is 0 Å². The largest absolute Gasteiger partial charge is 0.409 e. The van der Waals surface area contributed by atoms with Crippen LogP contribution in [0.2, 0.25) is 5.02 Å². The highest BCUT2D eigenvalue weighted by Gasteiger charge is 2.15. The molecule has 0 aromatic heterocycles. The molecule has 0 aliphatic carbocycles. The molecule has 0 unspecified atom stereocenters. The molecule has 0 spiro atoms. The molecule has 3 N–H and O–H groups in total. The summed E-state index contributed by atoms with van der Waals surface area (Å²) in [6, 6.07) is 5.18. The molecule has 20 heavy (non-hydrogen) atoms. The molecule has 0 atom stereocenters. The molecular formula is C14H21ClN2O3. The van der Waals surface area contributed by atoms with Crippen LogP contribution in [0.3, 0.4) is 0 Å². The zero-order valence-corrected chi connectivity index (χ0v) is 12.8. The lowest BCUT2D eigenvalue weighted by Crippen LogP contribution is -2.24. The van der Waals surface area contributed by atoms with E-state index in [1.165, 1.54) is 0 Å². The molecule has 0 saturated heterocycles. The predicted octanol–water partition coefficient (Wildman–Crippen LogP) is 2.77. The van der Waals surface area contributed by atoms with Crippen molar-refractivity contribution in [1.29, 1.82) is 0 Å². The number of nitrogens with two attached hydrogens (primary N) is 1. The number of ether oxygens (including phenoxy) is 2. The third-order valence-electron chi connectivity index (χ3n) is 3.12. The van der Waals surface area contributed by atoms with Gasteiger partial charge < -0.3 is 20.4 Å². The fraction of sp³-hybridized carbons (Fsp3) is 0.500. The molecule has 1 rings (SSSR count). The third-order valence-corrected chi connectivity index (χ3v) is 3.47. The van der Waals surface area contributed by atoms with Crippen molar-refractivity contribution in [2.75, 3.05) is 13.7 Å². The van der Waals surface area contributed by atoms with Crippen LogP contribution < -0.4 is 5.73 Å². The van der Waals surface area contributed by atoms with Gasteiger partial charge in [-0.2, -0.15) is 0 Å². The van der Waals surface area contributed by atoms with E-state index in [4.69, 9.17) is 32.0 Å². The summed E-state index contributed by atoms with van der Waals surface area (Å²) < 4.78 is 10.9. The van der Waals surface area contributed by atoms with Crippen molar-refractivity contribution < 1.29 is 14.7 Å². The van der Waals surface area contributed by atoms with Gasteiger partial charge in [-0.05, 0) is 31.9 Å². The summed E-state index contributed by atoms with van der Waals surface area (Å²) in [5, 5.41) is 12.1. The first kappa shape index (κ1) is 16.8. The van der Waals surface area contributed by atoms with Gasteiger partial charge in [-0.1, -0.05) is 28.9 Å². The van der Waals surface area contributed by atoms with Crippen LogP contribution in [-0.2, 0) is 16.1 Å². The van der Waals surface area contributed by atoms with Crippen LogP contribution in [-0.4, -0.2) is 30.4 Å². The lowest BCUT2D eigenvalue weighted by molar-refractivity contribution is -0.0124. The highest BCUT2D eigenvalue weighted by atomic mass is 35.5. The number of methoxy groups -OCH3 is 1. The van der Waals surface area contributed by atoms with E-state index in [1.807, 2.05) is 13.8 Å². The molecular weight excluding hydrogens is 280 g/mol. The SMILES string of the molecule is COC(C)(C)CCOCc1ccc(/C(N)=N/O)cc1Cl. The van der Waals surface area contributed by atoms with Crippen molar-refractivity contribution in [2.24, 2.45) is 10.9 Å². The average Bonchev–Trinajstić information content (AvgIpc) is 2.44. The lowest BCUT2D eigenvalue weighted by Gasteiger charge is -2.22. The van der Waals surface area contributed by atoms with Crippen molar-refractivity contribution in [3.63, 3.8) is 0 Å². The Hall–Kier alpha value is -1.30. The van der Waals surface area contributed by atoms with E-state index < -0.39 is 0 Å². The molecule has 0 aliphatic rings.